The van der Waals surface area contributed by atoms with Gasteiger partial charge in [0.15, 0.2) is 5.84 Å². The molecule has 1 aliphatic heterocycles. The quantitative estimate of drug-likeness (QED) is 0.379. The Morgan fingerprint density at radius 2 is 2.22 bits per heavy atom. The number of amidine groups is 1. The molecule has 0 bridgehead atoms. The summed E-state index contributed by atoms with van der Waals surface area (Å²) in [6.07, 6.45) is 1.16. The lowest BCUT2D eigenvalue weighted by atomic mass is 10.1. The minimum atomic E-state index is 0.156. The molecule has 0 spiro atoms. The van der Waals surface area contributed by atoms with Gasteiger partial charge < -0.3 is 15.8 Å². The molecule has 18 heavy (non-hydrogen) atoms. The van der Waals surface area contributed by atoms with Crippen molar-refractivity contribution in [2.24, 2.45) is 10.9 Å². The summed E-state index contributed by atoms with van der Waals surface area (Å²) in [7, 11) is 0. The third-order valence-corrected chi connectivity index (χ3v) is 4.45. The first-order valence-corrected chi connectivity index (χ1v) is 7.77. The molecule has 0 unspecified atom stereocenters. The Balaban J connectivity index is 2.36. The van der Waals surface area contributed by atoms with Crippen LogP contribution in [0, 0.1) is 0 Å². The first-order valence-electron chi connectivity index (χ1n) is 5.82. The van der Waals surface area contributed by atoms with Gasteiger partial charge in [-0.05, 0) is 30.4 Å². The fraction of sp³-hybridized carbons (Fsp3) is 0.417. The summed E-state index contributed by atoms with van der Waals surface area (Å²) in [4.78, 5) is 2.31. The number of nitrogens with zero attached hydrogens (tertiary/aromatic N) is 2. The minimum Gasteiger partial charge on any atom is -0.409 e. The summed E-state index contributed by atoms with van der Waals surface area (Å²) in [5.41, 5.74) is 7.57. The predicted octanol–water partition coefficient (Wildman–Crippen LogP) is 2.49. The maximum Gasteiger partial charge on any atom is 0.172 e. The van der Waals surface area contributed by atoms with Crippen LogP contribution in [0.1, 0.15) is 12.0 Å². The molecule has 1 aromatic rings. The van der Waals surface area contributed by atoms with Crippen LogP contribution in [0.4, 0.5) is 5.69 Å². The van der Waals surface area contributed by atoms with Gasteiger partial charge in [0.25, 0.3) is 0 Å². The van der Waals surface area contributed by atoms with Crippen LogP contribution in [-0.2, 0) is 0 Å². The van der Waals surface area contributed by atoms with E-state index in [1.807, 2.05) is 30.0 Å². The second-order valence-electron chi connectivity index (χ2n) is 4.10. The molecule has 98 valence electrons. The Hall–Kier alpha value is -0.880. The van der Waals surface area contributed by atoms with Crippen molar-refractivity contribution in [3.8, 4) is 0 Å². The van der Waals surface area contributed by atoms with E-state index in [1.165, 1.54) is 5.75 Å². The van der Waals surface area contributed by atoms with Crippen molar-refractivity contribution in [1.29, 1.82) is 0 Å². The number of nitrogens with two attached hydrogens (primary N) is 1. The van der Waals surface area contributed by atoms with Gasteiger partial charge in [-0.3, -0.25) is 0 Å². The standard InChI is InChI=1S/C12H16BrN3OS/c13-9-2-3-11(10(8-9)12(14)15-17)16-4-1-6-18-7-5-16/h2-3,8,17H,1,4-7H2,(H2,14,15). The van der Waals surface area contributed by atoms with E-state index in [4.69, 9.17) is 10.9 Å². The maximum absolute atomic E-state index is 8.88. The molecule has 0 aromatic heterocycles. The molecule has 4 nitrogen and oxygen atoms in total. The third kappa shape index (κ3) is 3.11. The average molecular weight is 330 g/mol. The van der Waals surface area contributed by atoms with Crippen LogP contribution in [0.25, 0.3) is 0 Å². The van der Waals surface area contributed by atoms with Gasteiger partial charge in [0.1, 0.15) is 0 Å². The van der Waals surface area contributed by atoms with Crippen LogP contribution in [0.5, 0.6) is 0 Å². The highest BCUT2D eigenvalue weighted by molar-refractivity contribution is 9.10. The first-order chi connectivity index (χ1) is 8.72. The van der Waals surface area contributed by atoms with Crippen LogP contribution >= 0.6 is 27.7 Å². The Morgan fingerprint density at radius 3 is 3.00 bits per heavy atom. The Morgan fingerprint density at radius 1 is 1.39 bits per heavy atom. The lowest BCUT2D eigenvalue weighted by Crippen LogP contribution is -2.28. The van der Waals surface area contributed by atoms with E-state index in [-0.39, 0.29) is 5.84 Å². The summed E-state index contributed by atoms with van der Waals surface area (Å²) < 4.78 is 0.928. The largest absolute Gasteiger partial charge is 0.409 e. The molecule has 1 aromatic carbocycles. The van der Waals surface area contributed by atoms with E-state index in [1.54, 1.807) is 0 Å². The summed E-state index contributed by atoms with van der Waals surface area (Å²) in [5, 5.41) is 12.0. The number of anilines is 1. The van der Waals surface area contributed by atoms with E-state index >= 15 is 0 Å². The van der Waals surface area contributed by atoms with Crippen molar-refractivity contribution in [2.75, 3.05) is 29.5 Å². The fourth-order valence-corrected chi connectivity index (χ4v) is 3.28. The molecule has 0 radical (unpaired) electrons. The lowest BCUT2D eigenvalue weighted by molar-refractivity contribution is 0.318. The van der Waals surface area contributed by atoms with Crippen molar-refractivity contribution < 1.29 is 5.21 Å². The first kappa shape index (κ1) is 13.5. The smallest absolute Gasteiger partial charge is 0.172 e. The highest BCUT2D eigenvalue weighted by Crippen LogP contribution is 2.26. The summed E-state index contributed by atoms with van der Waals surface area (Å²) >= 11 is 5.39. The molecular formula is C12H16BrN3OS. The molecule has 1 saturated heterocycles. The Bertz CT molecular complexity index is 445. The molecule has 1 aliphatic rings. The van der Waals surface area contributed by atoms with E-state index in [2.05, 4.69) is 26.0 Å². The molecule has 3 N–H and O–H groups in total. The van der Waals surface area contributed by atoms with Crippen molar-refractivity contribution in [3.05, 3.63) is 28.2 Å². The monoisotopic (exact) mass is 329 g/mol. The predicted molar refractivity (Wildman–Crippen MR) is 80.8 cm³/mol. The zero-order valence-corrected chi connectivity index (χ0v) is 12.4. The number of oxime groups is 1. The molecule has 1 heterocycles. The second kappa shape index (κ2) is 6.33. The number of hydrogen-bond acceptors (Lipinski definition) is 4. The molecular weight excluding hydrogens is 314 g/mol. The normalized spacial score (nSPS) is 17.6. The van der Waals surface area contributed by atoms with Gasteiger partial charge in [-0.15, -0.1) is 0 Å². The third-order valence-electron chi connectivity index (χ3n) is 2.91. The fourth-order valence-electron chi connectivity index (χ4n) is 2.03. The molecule has 1 fully saturated rings. The van der Waals surface area contributed by atoms with Crippen LogP contribution in [0.3, 0.4) is 0 Å². The van der Waals surface area contributed by atoms with Gasteiger partial charge in [0.2, 0.25) is 0 Å². The van der Waals surface area contributed by atoms with Gasteiger partial charge >= 0.3 is 0 Å². The van der Waals surface area contributed by atoms with Gasteiger partial charge in [-0.2, -0.15) is 11.8 Å². The zero-order valence-electron chi connectivity index (χ0n) is 9.97. The summed E-state index contributed by atoms with van der Waals surface area (Å²) in [6.45, 7) is 2.01. The molecule has 0 atom stereocenters. The number of rotatable bonds is 2. The van der Waals surface area contributed by atoms with Crippen molar-refractivity contribution in [3.63, 3.8) is 0 Å². The average Bonchev–Trinajstić information content (AvgIpc) is 2.66. The summed E-state index contributed by atoms with van der Waals surface area (Å²) in [5.74, 6) is 2.47. The number of thioether (sulfide) groups is 1. The number of halogens is 1. The van der Waals surface area contributed by atoms with E-state index in [0.717, 1.165) is 41.0 Å². The van der Waals surface area contributed by atoms with Gasteiger partial charge in [0.05, 0.1) is 0 Å². The second-order valence-corrected chi connectivity index (χ2v) is 6.24. The van der Waals surface area contributed by atoms with E-state index in [9.17, 15) is 0 Å². The Labute approximate surface area is 119 Å². The molecule has 0 saturated carbocycles. The van der Waals surface area contributed by atoms with E-state index in [0.29, 0.717) is 0 Å². The minimum absolute atomic E-state index is 0.156. The van der Waals surface area contributed by atoms with Crippen LogP contribution < -0.4 is 10.6 Å². The van der Waals surface area contributed by atoms with Crippen LogP contribution in [-0.4, -0.2) is 35.6 Å². The van der Waals surface area contributed by atoms with Crippen molar-refractivity contribution in [1.82, 2.24) is 0 Å². The molecule has 0 amide bonds. The zero-order chi connectivity index (χ0) is 13.0. The summed E-state index contributed by atoms with van der Waals surface area (Å²) in [6, 6.07) is 5.90. The molecule has 2 rings (SSSR count). The Kier molecular flexibility index (Phi) is 4.77. The molecule has 0 aliphatic carbocycles. The topological polar surface area (TPSA) is 61.9 Å². The van der Waals surface area contributed by atoms with Crippen LogP contribution in [0.2, 0.25) is 0 Å². The number of benzene rings is 1. The highest BCUT2D eigenvalue weighted by atomic mass is 79.9. The van der Waals surface area contributed by atoms with Gasteiger partial charge in [-0.25, -0.2) is 0 Å². The van der Waals surface area contributed by atoms with Gasteiger partial charge in [0, 0.05) is 34.6 Å². The molecule has 6 heteroatoms. The van der Waals surface area contributed by atoms with Crippen LogP contribution in [0.15, 0.2) is 27.8 Å². The SMILES string of the molecule is N/C(=N/O)c1cc(Br)ccc1N1CCCSCC1. The van der Waals surface area contributed by atoms with E-state index < -0.39 is 0 Å². The lowest BCUT2D eigenvalue weighted by Gasteiger charge is -2.25. The number of hydrogen-bond donors (Lipinski definition) is 2. The van der Waals surface area contributed by atoms with Gasteiger partial charge in [-0.1, -0.05) is 21.1 Å². The van der Waals surface area contributed by atoms with Crippen molar-refractivity contribution in [2.45, 2.75) is 6.42 Å². The van der Waals surface area contributed by atoms with Crippen molar-refractivity contribution >= 4 is 39.2 Å². The maximum atomic E-state index is 8.88. The highest BCUT2D eigenvalue weighted by Gasteiger charge is 2.16.